The summed E-state index contributed by atoms with van der Waals surface area (Å²) >= 11 is 12.2. The van der Waals surface area contributed by atoms with E-state index in [2.05, 4.69) is 5.32 Å². The standard InChI is InChI=1S/C25H22Cl2N2O2/c26-21-11-10-17(22(27)15-21)12-13-28-24(30)23-14-19-8-4-5-9-20(19)16-29(23)25(31)18-6-2-1-3-7-18/h1-11,15,23H,12-14,16H2,(H,28,30)/t23-/m0/s1. The summed E-state index contributed by atoms with van der Waals surface area (Å²) in [5.41, 5.74) is 3.66. The lowest BCUT2D eigenvalue weighted by atomic mass is 9.92. The molecule has 158 valence electrons. The summed E-state index contributed by atoms with van der Waals surface area (Å²) < 4.78 is 0. The Labute approximate surface area is 191 Å². The third kappa shape index (κ3) is 4.92. The first-order valence-corrected chi connectivity index (χ1v) is 10.9. The van der Waals surface area contributed by atoms with Gasteiger partial charge in [-0.3, -0.25) is 9.59 Å². The number of hydrogen-bond acceptors (Lipinski definition) is 2. The Morgan fingerprint density at radius 3 is 2.39 bits per heavy atom. The maximum Gasteiger partial charge on any atom is 0.254 e. The largest absolute Gasteiger partial charge is 0.354 e. The predicted octanol–water partition coefficient (Wildman–Crippen LogP) is 4.92. The van der Waals surface area contributed by atoms with Crippen molar-refractivity contribution in [2.45, 2.75) is 25.4 Å². The zero-order valence-corrected chi connectivity index (χ0v) is 18.4. The first-order chi connectivity index (χ1) is 15.0. The van der Waals surface area contributed by atoms with Gasteiger partial charge in [0, 0.05) is 35.1 Å². The van der Waals surface area contributed by atoms with E-state index in [0.717, 1.165) is 16.7 Å². The van der Waals surface area contributed by atoms with E-state index in [4.69, 9.17) is 23.2 Å². The number of fused-ring (bicyclic) bond motifs is 1. The minimum absolute atomic E-state index is 0.143. The fourth-order valence-electron chi connectivity index (χ4n) is 3.88. The zero-order valence-electron chi connectivity index (χ0n) is 16.9. The molecule has 1 N–H and O–H groups in total. The molecule has 1 aliphatic heterocycles. The molecular weight excluding hydrogens is 431 g/mol. The summed E-state index contributed by atoms with van der Waals surface area (Å²) in [6.07, 6.45) is 1.07. The van der Waals surface area contributed by atoms with Gasteiger partial charge in [0.2, 0.25) is 5.91 Å². The molecular formula is C25H22Cl2N2O2. The van der Waals surface area contributed by atoms with Crippen molar-refractivity contribution in [1.82, 2.24) is 10.2 Å². The van der Waals surface area contributed by atoms with E-state index in [9.17, 15) is 9.59 Å². The van der Waals surface area contributed by atoms with Crippen LogP contribution in [0.3, 0.4) is 0 Å². The molecule has 0 aliphatic carbocycles. The Balaban J connectivity index is 1.50. The van der Waals surface area contributed by atoms with Crippen LogP contribution >= 0.6 is 23.2 Å². The molecule has 0 saturated heterocycles. The van der Waals surface area contributed by atoms with E-state index < -0.39 is 6.04 Å². The van der Waals surface area contributed by atoms with Gasteiger partial charge in [-0.15, -0.1) is 0 Å². The number of hydrogen-bond donors (Lipinski definition) is 1. The number of carbonyl (C=O) groups is 2. The number of rotatable bonds is 5. The quantitative estimate of drug-likeness (QED) is 0.596. The van der Waals surface area contributed by atoms with Crippen molar-refractivity contribution in [1.29, 1.82) is 0 Å². The van der Waals surface area contributed by atoms with Crippen LogP contribution in [0.15, 0.2) is 72.8 Å². The number of halogens is 2. The van der Waals surface area contributed by atoms with Crippen LogP contribution < -0.4 is 5.32 Å². The van der Waals surface area contributed by atoms with Gasteiger partial charge in [-0.2, -0.15) is 0 Å². The molecule has 6 heteroatoms. The number of nitrogens with one attached hydrogen (secondary N) is 1. The fourth-order valence-corrected chi connectivity index (χ4v) is 4.38. The van der Waals surface area contributed by atoms with Crippen molar-refractivity contribution >= 4 is 35.0 Å². The molecule has 4 nitrogen and oxygen atoms in total. The Morgan fingerprint density at radius 1 is 0.935 bits per heavy atom. The van der Waals surface area contributed by atoms with E-state index in [1.165, 1.54) is 0 Å². The predicted molar refractivity (Wildman–Crippen MR) is 123 cm³/mol. The molecule has 3 aromatic rings. The molecule has 0 spiro atoms. The van der Waals surface area contributed by atoms with Gasteiger partial charge in [0.05, 0.1) is 0 Å². The van der Waals surface area contributed by atoms with Gasteiger partial charge in [-0.1, -0.05) is 71.7 Å². The van der Waals surface area contributed by atoms with Gasteiger partial charge in [0.25, 0.3) is 5.91 Å². The third-order valence-corrected chi connectivity index (χ3v) is 6.13. The van der Waals surface area contributed by atoms with Crippen molar-refractivity contribution in [3.05, 3.63) is 105 Å². The fraction of sp³-hybridized carbons (Fsp3) is 0.200. The van der Waals surface area contributed by atoms with Gasteiger partial charge < -0.3 is 10.2 Å². The van der Waals surface area contributed by atoms with Gasteiger partial charge >= 0.3 is 0 Å². The minimum Gasteiger partial charge on any atom is -0.354 e. The second kappa shape index (κ2) is 9.54. The third-order valence-electron chi connectivity index (χ3n) is 5.54. The van der Waals surface area contributed by atoms with Crippen LogP contribution in [0.4, 0.5) is 0 Å². The average molecular weight is 453 g/mol. The Bertz CT molecular complexity index is 1100. The van der Waals surface area contributed by atoms with Gasteiger partial charge in [-0.25, -0.2) is 0 Å². The molecule has 1 heterocycles. The first-order valence-electron chi connectivity index (χ1n) is 10.2. The van der Waals surface area contributed by atoms with E-state index in [1.54, 1.807) is 29.2 Å². The zero-order chi connectivity index (χ0) is 21.8. The molecule has 4 rings (SSSR count). The van der Waals surface area contributed by atoms with Crippen molar-refractivity contribution in [2.75, 3.05) is 6.54 Å². The summed E-state index contributed by atoms with van der Waals surface area (Å²) in [4.78, 5) is 28.0. The topological polar surface area (TPSA) is 49.4 Å². The normalized spacial score (nSPS) is 15.3. The molecule has 1 atom stereocenters. The Hall–Kier alpha value is -2.82. The van der Waals surface area contributed by atoms with Crippen LogP contribution in [0.1, 0.15) is 27.0 Å². The highest BCUT2D eigenvalue weighted by Crippen LogP contribution is 2.25. The van der Waals surface area contributed by atoms with Gasteiger partial charge in [-0.05, 0) is 47.4 Å². The molecule has 0 bridgehead atoms. The molecule has 0 unspecified atom stereocenters. The highest BCUT2D eigenvalue weighted by Gasteiger charge is 2.34. The minimum atomic E-state index is -0.566. The van der Waals surface area contributed by atoms with Crippen molar-refractivity contribution < 1.29 is 9.59 Å². The van der Waals surface area contributed by atoms with Crippen LogP contribution in [-0.4, -0.2) is 29.3 Å². The molecule has 2 amide bonds. The lowest BCUT2D eigenvalue weighted by Gasteiger charge is -2.36. The van der Waals surface area contributed by atoms with Crippen molar-refractivity contribution in [3.8, 4) is 0 Å². The Morgan fingerprint density at radius 2 is 1.65 bits per heavy atom. The summed E-state index contributed by atoms with van der Waals surface area (Å²) in [6.45, 7) is 0.830. The summed E-state index contributed by atoms with van der Waals surface area (Å²) in [7, 11) is 0. The molecule has 3 aromatic carbocycles. The lowest BCUT2D eigenvalue weighted by Crippen LogP contribution is -2.52. The maximum absolute atomic E-state index is 13.2. The van der Waals surface area contributed by atoms with Crippen LogP contribution in [0.5, 0.6) is 0 Å². The summed E-state index contributed by atoms with van der Waals surface area (Å²) in [5.74, 6) is -0.306. The molecule has 0 radical (unpaired) electrons. The Kier molecular flexibility index (Phi) is 6.59. The number of carbonyl (C=O) groups excluding carboxylic acids is 2. The second-order valence-corrected chi connectivity index (χ2v) is 8.41. The number of benzene rings is 3. The lowest BCUT2D eigenvalue weighted by molar-refractivity contribution is -0.126. The van der Waals surface area contributed by atoms with E-state index >= 15 is 0 Å². The van der Waals surface area contributed by atoms with Gasteiger partial charge in [0.1, 0.15) is 6.04 Å². The first kappa shape index (κ1) is 21.4. The van der Waals surface area contributed by atoms with E-state index in [-0.39, 0.29) is 11.8 Å². The van der Waals surface area contributed by atoms with Gasteiger partial charge in [0.15, 0.2) is 0 Å². The van der Waals surface area contributed by atoms with E-state index in [0.29, 0.717) is 41.5 Å². The maximum atomic E-state index is 13.2. The van der Waals surface area contributed by atoms with Crippen LogP contribution in [-0.2, 0) is 24.2 Å². The molecule has 0 saturated carbocycles. The number of amides is 2. The highest BCUT2D eigenvalue weighted by atomic mass is 35.5. The van der Waals surface area contributed by atoms with Crippen LogP contribution in [0.25, 0.3) is 0 Å². The summed E-state index contributed by atoms with van der Waals surface area (Å²) in [5, 5.41) is 4.14. The highest BCUT2D eigenvalue weighted by molar-refractivity contribution is 6.35. The second-order valence-electron chi connectivity index (χ2n) is 7.56. The molecule has 1 aliphatic rings. The van der Waals surface area contributed by atoms with Crippen molar-refractivity contribution in [2.24, 2.45) is 0 Å². The monoisotopic (exact) mass is 452 g/mol. The van der Waals surface area contributed by atoms with Crippen LogP contribution in [0.2, 0.25) is 10.0 Å². The van der Waals surface area contributed by atoms with Crippen LogP contribution in [0, 0.1) is 0 Å². The number of nitrogens with zero attached hydrogens (tertiary/aromatic N) is 1. The SMILES string of the molecule is O=C(NCCc1ccc(Cl)cc1Cl)[C@@H]1Cc2ccccc2CN1C(=O)c1ccccc1. The molecule has 0 fully saturated rings. The molecule has 0 aromatic heterocycles. The average Bonchev–Trinajstić information content (AvgIpc) is 2.79. The molecule has 31 heavy (non-hydrogen) atoms. The smallest absolute Gasteiger partial charge is 0.254 e. The van der Waals surface area contributed by atoms with Crippen molar-refractivity contribution in [3.63, 3.8) is 0 Å². The van der Waals surface area contributed by atoms with E-state index in [1.807, 2.05) is 48.5 Å². The summed E-state index contributed by atoms with van der Waals surface area (Å²) in [6, 6.07) is 21.8.